The van der Waals surface area contributed by atoms with Crippen LogP contribution >= 0.6 is 11.6 Å². The molecule has 1 saturated heterocycles. The molecule has 2 heterocycles. The van der Waals surface area contributed by atoms with E-state index in [0.29, 0.717) is 6.04 Å². The minimum Gasteiger partial charge on any atom is -0.308 e. The fraction of sp³-hybridized carbons (Fsp3) is 0.615. The number of hydrogen-bond acceptors (Lipinski definition) is 3. The molecule has 17 heavy (non-hydrogen) atoms. The van der Waals surface area contributed by atoms with E-state index in [1.807, 2.05) is 12.1 Å². The molecule has 1 aliphatic heterocycles. The van der Waals surface area contributed by atoms with E-state index in [1.165, 1.54) is 19.4 Å². The number of likely N-dealkylation sites (N-methyl/N-ethyl adjacent to an activating group) is 1. The monoisotopic (exact) mass is 253 g/mol. The number of nitrogens with zero attached hydrogens (tertiary/aromatic N) is 3. The normalized spacial score (nSPS) is 21.3. The van der Waals surface area contributed by atoms with Gasteiger partial charge in [0.15, 0.2) is 0 Å². The maximum atomic E-state index is 5.98. The van der Waals surface area contributed by atoms with E-state index in [4.69, 9.17) is 11.6 Å². The van der Waals surface area contributed by atoms with Gasteiger partial charge in [-0.3, -0.25) is 9.88 Å². The minimum absolute atomic E-state index is 0.658. The zero-order chi connectivity index (χ0) is 12.3. The first-order valence-corrected chi connectivity index (χ1v) is 6.52. The Balaban J connectivity index is 1.97. The standard InChI is InChI=1S/C13H20ClN3/c1-16(2)10-13-4-3-7-17(13)9-12-8-11(14)5-6-15-12/h5-6,8,13H,3-4,7,9-10H2,1-2H3. The van der Waals surface area contributed by atoms with Crippen LogP contribution in [-0.4, -0.2) is 48.0 Å². The molecule has 0 saturated carbocycles. The molecular weight excluding hydrogens is 234 g/mol. The first kappa shape index (κ1) is 12.8. The van der Waals surface area contributed by atoms with E-state index in [2.05, 4.69) is 28.9 Å². The maximum Gasteiger partial charge on any atom is 0.0558 e. The zero-order valence-corrected chi connectivity index (χ0v) is 11.3. The summed E-state index contributed by atoms with van der Waals surface area (Å²) in [6.07, 6.45) is 4.37. The number of halogens is 1. The number of likely N-dealkylation sites (tertiary alicyclic amines) is 1. The van der Waals surface area contributed by atoms with Crippen molar-refractivity contribution in [3.63, 3.8) is 0 Å². The van der Waals surface area contributed by atoms with Gasteiger partial charge < -0.3 is 4.90 Å². The lowest BCUT2D eigenvalue weighted by Crippen LogP contribution is -2.37. The average molecular weight is 254 g/mol. The molecule has 94 valence electrons. The second-order valence-corrected chi connectivity index (χ2v) is 5.43. The third-order valence-electron chi connectivity index (χ3n) is 3.22. The van der Waals surface area contributed by atoms with Gasteiger partial charge in [-0.2, -0.15) is 0 Å². The summed E-state index contributed by atoms with van der Waals surface area (Å²) in [5.74, 6) is 0. The van der Waals surface area contributed by atoms with Gasteiger partial charge in [0, 0.05) is 30.4 Å². The molecular formula is C13H20ClN3. The summed E-state index contributed by atoms with van der Waals surface area (Å²) in [6.45, 7) is 3.21. The van der Waals surface area contributed by atoms with Crippen molar-refractivity contribution in [2.75, 3.05) is 27.2 Å². The summed E-state index contributed by atoms with van der Waals surface area (Å²) in [5.41, 5.74) is 1.07. The van der Waals surface area contributed by atoms with Crippen LogP contribution in [0.5, 0.6) is 0 Å². The first-order valence-electron chi connectivity index (χ1n) is 6.14. The van der Waals surface area contributed by atoms with E-state index in [1.54, 1.807) is 6.20 Å². The van der Waals surface area contributed by atoms with Gasteiger partial charge in [-0.25, -0.2) is 0 Å². The molecule has 1 atom stereocenters. The fourth-order valence-electron chi connectivity index (χ4n) is 2.47. The predicted molar refractivity (Wildman–Crippen MR) is 71.2 cm³/mol. The molecule has 0 aromatic carbocycles. The van der Waals surface area contributed by atoms with Crippen LogP contribution in [0.2, 0.25) is 5.02 Å². The van der Waals surface area contributed by atoms with Crippen molar-refractivity contribution in [1.29, 1.82) is 0 Å². The van der Waals surface area contributed by atoms with E-state index >= 15 is 0 Å². The molecule has 0 radical (unpaired) electrons. The van der Waals surface area contributed by atoms with Crippen molar-refractivity contribution in [2.45, 2.75) is 25.4 Å². The topological polar surface area (TPSA) is 19.4 Å². The summed E-state index contributed by atoms with van der Waals surface area (Å²) in [6, 6.07) is 4.45. The number of rotatable bonds is 4. The Hall–Kier alpha value is -0.640. The van der Waals surface area contributed by atoms with Crippen molar-refractivity contribution >= 4 is 11.6 Å². The molecule has 0 amide bonds. The van der Waals surface area contributed by atoms with Gasteiger partial charge in [-0.15, -0.1) is 0 Å². The Labute approximate surface area is 108 Å². The Bertz CT molecular complexity index is 367. The lowest BCUT2D eigenvalue weighted by molar-refractivity contribution is 0.199. The van der Waals surface area contributed by atoms with Gasteiger partial charge in [0.05, 0.1) is 5.69 Å². The summed E-state index contributed by atoms with van der Waals surface area (Å²) in [5, 5.41) is 0.776. The van der Waals surface area contributed by atoms with Crippen molar-refractivity contribution < 1.29 is 0 Å². The maximum absolute atomic E-state index is 5.98. The zero-order valence-electron chi connectivity index (χ0n) is 10.6. The second kappa shape index (κ2) is 5.80. The molecule has 2 rings (SSSR count). The minimum atomic E-state index is 0.658. The van der Waals surface area contributed by atoms with E-state index in [9.17, 15) is 0 Å². The Morgan fingerprint density at radius 2 is 2.35 bits per heavy atom. The summed E-state index contributed by atoms with van der Waals surface area (Å²) < 4.78 is 0. The summed E-state index contributed by atoms with van der Waals surface area (Å²) >= 11 is 5.98. The SMILES string of the molecule is CN(C)CC1CCCN1Cc1cc(Cl)ccn1. The molecule has 1 aromatic rings. The van der Waals surface area contributed by atoms with Crippen LogP contribution in [0.25, 0.3) is 0 Å². The van der Waals surface area contributed by atoms with Crippen LogP contribution in [-0.2, 0) is 6.54 Å². The molecule has 0 bridgehead atoms. The molecule has 1 aromatic heterocycles. The van der Waals surface area contributed by atoms with Crippen molar-refractivity contribution in [3.8, 4) is 0 Å². The van der Waals surface area contributed by atoms with Gasteiger partial charge in [-0.1, -0.05) is 11.6 Å². The molecule has 4 heteroatoms. The largest absolute Gasteiger partial charge is 0.308 e. The molecule has 0 spiro atoms. The molecule has 3 nitrogen and oxygen atoms in total. The molecule has 0 N–H and O–H groups in total. The highest BCUT2D eigenvalue weighted by Gasteiger charge is 2.24. The highest BCUT2D eigenvalue weighted by molar-refractivity contribution is 6.30. The number of hydrogen-bond donors (Lipinski definition) is 0. The van der Waals surface area contributed by atoms with Crippen molar-refractivity contribution in [2.24, 2.45) is 0 Å². The number of pyridine rings is 1. The van der Waals surface area contributed by atoms with Crippen LogP contribution in [0.4, 0.5) is 0 Å². The van der Waals surface area contributed by atoms with Crippen molar-refractivity contribution in [1.82, 2.24) is 14.8 Å². The Morgan fingerprint density at radius 1 is 1.53 bits per heavy atom. The third kappa shape index (κ3) is 3.66. The van der Waals surface area contributed by atoms with E-state index in [0.717, 1.165) is 23.8 Å². The van der Waals surface area contributed by atoms with Gasteiger partial charge >= 0.3 is 0 Å². The van der Waals surface area contributed by atoms with Gasteiger partial charge in [0.25, 0.3) is 0 Å². The Morgan fingerprint density at radius 3 is 3.06 bits per heavy atom. The fourth-order valence-corrected chi connectivity index (χ4v) is 2.66. The molecule has 1 fully saturated rings. The highest BCUT2D eigenvalue weighted by Crippen LogP contribution is 2.20. The lowest BCUT2D eigenvalue weighted by atomic mass is 10.2. The third-order valence-corrected chi connectivity index (χ3v) is 3.45. The van der Waals surface area contributed by atoms with E-state index in [-0.39, 0.29) is 0 Å². The lowest BCUT2D eigenvalue weighted by Gasteiger charge is -2.26. The first-order chi connectivity index (χ1) is 8.15. The summed E-state index contributed by atoms with van der Waals surface area (Å²) in [7, 11) is 4.27. The van der Waals surface area contributed by atoms with Crippen LogP contribution in [0, 0.1) is 0 Å². The van der Waals surface area contributed by atoms with Crippen LogP contribution in [0.1, 0.15) is 18.5 Å². The smallest absolute Gasteiger partial charge is 0.0558 e. The van der Waals surface area contributed by atoms with Crippen LogP contribution < -0.4 is 0 Å². The highest BCUT2D eigenvalue weighted by atomic mass is 35.5. The molecule has 1 unspecified atom stereocenters. The van der Waals surface area contributed by atoms with Gasteiger partial charge in [0.2, 0.25) is 0 Å². The van der Waals surface area contributed by atoms with Gasteiger partial charge in [-0.05, 0) is 45.6 Å². The second-order valence-electron chi connectivity index (χ2n) is 4.99. The molecule has 0 aliphatic carbocycles. The van der Waals surface area contributed by atoms with Crippen LogP contribution in [0.3, 0.4) is 0 Å². The summed E-state index contributed by atoms with van der Waals surface area (Å²) in [4.78, 5) is 9.15. The average Bonchev–Trinajstić information content (AvgIpc) is 2.65. The van der Waals surface area contributed by atoms with E-state index < -0.39 is 0 Å². The van der Waals surface area contributed by atoms with Crippen molar-refractivity contribution in [3.05, 3.63) is 29.0 Å². The predicted octanol–water partition coefficient (Wildman–Crippen LogP) is 2.26. The quantitative estimate of drug-likeness (QED) is 0.821. The van der Waals surface area contributed by atoms with Crippen LogP contribution in [0.15, 0.2) is 18.3 Å². The van der Waals surface area contributed by atoms with Gasteiger partial charge in [0.1, 0.15) is 0 Å². The molecule has 1 aliphatic rings. The number of aromatic nitrogens is 1. The Kier molecular flexibility index (Phi) is 4.37.